The summed E-state index contributed by atoms with van der Waals surface area (Å²) in [5, 5.41) is 2.30. The van der Waals surface area contributed by atoms with Gasteiger partial charge >= 0.3 is 6.09 Å². The lowest BCUT2D eigenvalue weighted by Crippen LogP contribution is -2.21. The number of nitrogens with one attached hydrogen (secondary N) is 1. The van der Waals surface area contributed by atoms with Crippen molar-refractivity contribution in [2.45, 2.75) is 6.61 Å². The van der Waals surface area contributed by atoms with Crippen molar-refractivity contribution in [1.29, 1.82) is 0 Å². The van der Waals surface area contributed by atoms with Crippen LogP contribution in [0.2, 0.25) is 0 Å². The Morgan fingerprint density at radius 2 is 2.31 bits per heavy atom. The van der Waals surface area contributed by atoms with Crippen LogP contribution in [0, 0.1) is 5.82 Å². The van der Waals surface area contributed by atoms with Crippen LogP contribution >= 0.6 is 15.9 Å². The van der Waals surface area contributed by atoms with Crippen molar-refractivity contribution in [2.24, 2.45) is 0 Å². The van der Waals surface area contributed by atoms with E-state index < -0.39 is 11.9 Å². The predicted octanol–water partition coefficient (Wildman–Crippen LogP) is 2.65. The fourth-order valence-electron chi connectivity index (χ4n) is 1.16. The number of rotatable bonds is 0. The molecule has 0 atom stereocenters. The molecule has 0 saturated heterocycles. The molecule has 3 nitrogen and oxygen atoms in total. The molecule has 1 aliphatic rings. The summed E-state index contributed by atoms with van der Waals surface area (Å²) in [6.07, 6.45) is -0.617. The monoisotopic (exact) mass is 245 g/mol. The minimum Gasteiger partial charge on any atom is -0.444 e. The second-order valence-electron chi connectivity index (χ2n) is 2.62. The van der Waals surface area contributed by atoms with E-state index in [0.717, 1.165) is 0 Å². The zero-order chi connectivity index (χ0) is 9.42. The summed E-state index contributed by atoms with van der Waals surface area (Å²) in [5.41, 5.74) is 0.839. The summed E-state index contributed by atoms with van der Waals surface area (Å²) < 4.78 is 18.5. The van der Waals surface area contributed by atoms with Crippen molar-refractivity contribution < 1.29 is 13.9 Å². The van der Waals surface area contributed by atoms with E-state index in [1.54, 1.807) is 6.07 Å². The number of carbonyl (C=O) groups is 1. The molecule has 1 amide bonds. The molecule has 13 heavy (non-hydrogen) atoms. The minimum atomic E-state index is -0.617. The highest BCUT2D eigenvalue weighted by Crippen LogP contribution is 2.28. The molecule has 0 unspecified atom stereocenters. The molecule has 1 aliphatic heterocycles. The molecule has 1 N–H and O–H groups in total. The molecule has 0 aromatic heterocycles. The van der Waals surface area contributed by atoms with E-state index in [-0.39, 0.29) is 12.3 Å². The molecule has 68 valence electrons. The number of hydrogen-bond donors (Lipinski definition) is 1. The van der Waals surface area contributed by atoms with Gasteiger partial charge in [-0.3, -0.25) is 5.32 Å². The quantitative estimate of drug-likeness (QED) is 0.764. The van der Waals surface area contributed by atoms with Gasteiger partial charge in [0.25, 0.3) is 0 Å². The Kier molecular flexibility index (Phi) is 1.95. The Hall–Kier alpha value is -1.10. The number of ether oxygens (including phenoxy) is 1. The van der Waals surface area contributed by atoms with Crippen LogP contribution < -0.4 is 5.32 Å². The summed E-state index contributed by atoms with van der Waals surface area (Å²) in [4.78, 5) is 10.8. The summed E-state index contributed by atoms with van der Waals surface area (Å²) >= 11 is 3.15. The highest BCUT2D eigenvalue weighted by Gasteiger charge is 2.19. The van der Waals surface area contributed by atoms with Crippen LogP contribution in [0.1, 0.15) is 5.56 Å². The second-order valence-corrected chi connectivity index (χ2v) is 3.54. The van der Waals surface area contributed by atoms with Gasteiger partial charge in [-0.15, -0.1) is 0 Å². The SMILES string of the molecule is O=C1Nc2c(F)cc(Br)cc2CO1. The topological polar surface area (TPSA) is 38.3 Å². The van der Waals surface area contributed by atoms with Crippen molar-refractivity contribution in [2.75, 3.05) is 5.32 Å². The maximum Gasteiger partial charge on any atom is 0.412 e. The van der Waals surface area contributed by atoms with E-state index in [9.17, 15) is 9.18 Å². The van der Waals surface area contributed by atoms with Crippen molar-refractivity contribution in [1.82, 2.24) is 0 Å². The second kappa shape index (κ2) is 2.99. The molecule has 2 rings (SSSR count). The average Bonchev–Trinajstić information content (AvgIpc) is 2.06. The first kappa shape index (κ1) is 8.50. The van der Waals surface area contributed by atoms with Gasteiger partial charge in [0.05, 0.1) is 5.69 Å². The predicted molar refractivity (Wildman–Crippen MR) is 47.9 cm³/mol. The van der Waals surface area contributed by atoms with Gasteiger partial charge in [-0.25, -0.2) is 9.18 Å². The third kappa shape index (κ3) is 1.51. The zero-order valence-electron chi connectivity index (χ0n) is 6.43. The van der Waals surface area contributed by atoms with Gasteiger partial charge in [0.2, 0.25) is 0 Å². The maximum absolute atomic E-state index is 13.2. The lowest BCUT2D eigenvalue weighted by Gasteiger charge is -2.17. The van der Waals surface area contributed by atoms with Gasteiger partial charge in [-0.2, -0.15) is 0 Å². The Bertz CT molecular complexity index is 381. The summed E-state index contributed by atoms with van der Waals surface area (Å²) in [5.74, 6) is -0.457. The highest BCUT2D eigenvalue weighted by molar-refractivity contribution is 9.10. The first-order chi connectivity index (χ1) is 6.16. The number of anilines is 1. The van der Waals surface area contributed by atoms with Crippen molar-refractivity contribution in [3.63, 3.8) is 0 Å². The van der Waals surface area contributed by atoms with E-state index in [1.165, 1.54) is 6.07 Å². The Balaban J connectivity index is 2.53. The lowest BCUT2D eigenvalue weighted by atomic mass is 10.1. The summed E-state index contributed by atoms with van der Waals surface area (Å²) in [7, 11) is 0. The molecule has 1 heterocycles. The first-order valence-electron chi connectivity index (χ1n) is 3.58. The van der Waals surface area contributed by atoms with Crippen molar-refractivity contribution in [3.8, 4) is 0 Å². The molecule has 0 fully saturated rings. The van der Waals surface area contributed by atoms with E-state index in [0.29, 0.717) is 10.0 Å². The van der Waals surface area contributed by atoms with Crippen LogP contribution in [0.5, 0.6) is 0 Å². The van der Waals surface area contributed by atoms with Crippen LogP contribution in [0.3, 0.4) is 0 Å². The molecule has 0 spiro atoms. The number of carbonyl (C=O) groups excluding carboxylic acids is 1. The standard InChI is InChI=1S/C8H5BrFNO2/c9-5-1-4-3-13-8(12)11-7(4)6(10)2-5/h1-2H,3H2,(H,11,12). The van der Waals surface area contributed by atoms with Gasteiger partial charge in [-0.05, 0) is 12.1 Å². The molecular formula is C8H5BrFNO2. The number of hydrogen-bond acceptors (Lipinski definition) is 2. The highest BCUT2D eigenvalue weighted by atomic mass is 79.9. The molecule has 5 heteroatoms. The zero-order valence-corrected chi connectivity index (χ0v) is 8.02. The van der Waals surface area contributed by atoms with Gasteiger partial charge in [0, 0.05) is 10.0 Å². The number of cyclic esters (lactones) is 1. The Morgan fingerprint density at radius 1 is 1.54 bits per heavy atom. The fraction of sp³-hybridized carbons (Fsp3) is 0.125. The summed E-state index contributed by atoms with van der Waals surface area (Å²) in [6, 6.07) is 3.00. The van der Waals surface area contributed by atoms with Crippen LogP contribution in [0.15, 0.2) is 16.6 Å². The lowest BCUT2D eigenvalue weighted by molar-refractivity contribution is 0.151. The Morgan fingerprint density at radius 3 is 3.08 bits per heavy atom. The van der Waals surface area contributed by atoms with Gasteiger partial charge in [0.1, 0.15) is 12.4 Å². The molecule has 0 bridgehead atoms. The van der Waals surface area contributed by atoms with E-state index >= 15 is 0 Å². The number of amides is 1. The smallest absolute Gasteiger partial charge is 0.412 e. The number of fused-ring (bicyclic) bond motifs is 1. The fourth-order valence-corrected chi connectivity index (χ4v) is 1.64. The van der Waals surface area contributed by atoms with E-state index in [2.05, 4.69) is 26.0 Å². The Labute approximate surface area is 82.0 Å². The van der Waals surface area contributed by atoms with Crippen LogP contribution in [0.25, 0.3) is 0 Å². The largest absolute Gasteiger partial charge is 0.444 e. The molecule has 1 aromatic rings. The maximum atomic E-state index is 13.2. The van der Waals surface area contributed by atoms with E-state index in [4.69, 9.17) is 0 Å². The molecular weight excluding hydrogens is 241 g/mol. The first-order valence-corrected chi connectivity index (χ1v) is 4.38. The summed E-state index contributed by atoms with van der Waals surface area (Å²) in [6.45, 7) is 0.109. The van der Waals surface area contributed by atoms with Crippen LogP contribution in [0.4, 0.5) is 14.9 Å². The van der Waals surface area contributed by atoms with Crippen molar-refractivity contribution >= 4 is 27.7 Å². The normalized spacial score (nSPS) is 14.5. The minimum absolute atomic E-state index is 0.109. The van der Waals surface area contributed by atoms with Gasteiger partial charge < -0.3 is 4.74 Å². The van der Waals surface area contributed by atoms with Crippen molar-refractivity contribution in [3.05, 3.63) is 28.0 Å². The molecule has 1 aromatic carbocycles. The van der Waals surface area contributed by atoms with Crippen LogP contribution in [-0.4, -0.2) is 6.09 Å². The molecule has 0 aliphatic carbocycles. The van der Waals surface area contributed by atoms with Crippen LogP contribution in [-0.2, 0) is 11.3 Å². The molecule has 0 radical (unpaired) electrons. The van der Waals surface area contributed by atoms with Gasteiger partial charge in [-0.1, -0.05) is 15.9 Å². The number of halogens is 2. The third-order valence-electron chi connectivity index (χ3n) is 1.72. The van der Waals surface area contributed by atoms with Gasteiger partial charge in [0.15, 0.2) is 0 Å². The molecule has 0 saturated carbocycles. The average molecular weight is 246 g/mol. The van der Waals surface area contributed by atoms with E-state index in [1.807, 2.05) is 0 Å². The number of benzene rings is 1. The third-order valence-corrected chi connectivity index (χ3v) is 2.18.